The van der Waals surface area contributed by atoms with Gasteiger partial charge < -0.3 is 9.64 Å². The van der Waals surface area contributed by atoms with Crippen molar-refractivity contribution < 1.29 is 9.53 Å². The summed E-state index contributed by atoms with van der Waals surface area (Å²) >= 11 is 1.41. The van der Waals surface area contributed by atoms with E-state index in [0.717, 1.165) is 11.7 Å². The number of carbonyl (C=O) groups is 1. The predicted octanol–water partition coefficient (Wildman–Crippen LogP) is 1.43. The number of hydrogen-bond acceptors (Lipinski definition) is 5. The van der Waals surface area contributed by atoms with E-state index in [1.165, 1.54) is 11.3 Å². The van der Waals surface area contributed by atoms with Crippen LogP contribution in [0.4, 0.5) is 5.13 Å². The summed E-state index contributed by atoms with van der Waals surface area (Å²) in [4.78, 5) is 17.9. The van der Waals surface area contributed by atoms with Crippen molar-refractivity contribution in [2.75, 3.05) is 32.2 Å². The van der Waals surface area contributed by atoms with Gasteiger partial charge >= 0.3 is 0 Å². The zero-order valence-corrected chi connectivity index (χ0v) is 9.43. The lowest BCUT2D eigenvalue weighted by molar-refractivity contribution is 0.102. The minimum Gasteiger partial charge on any atom is -0.383 e. The molecule has 0 bridgehead atoms. The van der Waals surface area contributed by atoms with Crippen LogP contribution in [0, 0.1) is 0 Å². The predicted molar refractivity (Wildman–Crippen MR) is 57.3 cm³/mol. The first-order valence-corrected chi connectivity index (χ1v) is 5.13. The number of ether oxygens (including phenoxy) is 1. The number of aromatic nitrogens is 1. The molecule has 0 atom stereocenters. The molecule has 0 radical (unpaired) electrons. The van der Waals surface area contributed by atoms with Gasteiger partial charge in [0.2, 0.25) is 0 Å². The molecule has 0 N–H and O–H groups in total. The summed E-state index contributed by atoms with van der Waals surface area (Å²) in [7, 11) is 3.60. The van der Waals surface area contributed by atoms with E-state index in [0.29, 0.717) is 11.5 Å². The highest BCUT2D eigenvalue weighted by molar-refractivity contribution is 7.17. The fraction of sp³-hybridized carbons (Fsp3) is 0.556. The first-order valence-electron chi connectivity index (χ1n) is 4.32. The van der Waals surface area contributed by atoms with Crippen molar-refractivity contribution in [3.05, 3.63) is 11.1 Å². The molecular formula is C9H14N2O2S. The first kappa shape index (κ1) is 11.1. The van der Waals surface area contributed by atoms with Crippen molar-refractivity contribution in [3.63, 3.8) is 0 Å². The van der Waals surface area contributed by atoms with Gasteiger partial charge in [0.25, 0.3) is 0 Å². The van der Waals surface area contributed by atoms with Crippen molar-refractivity contribution in [1.82, 2.24) is 4.98 Å². The van der Waals surface area contributed by atoms with Gasteiger partial charge in [-0.3, -0.25) is 4.79 Å². The molecule has 0 unspecified atom stereocenters. The average molecular weight is 214 g/mol. The highest BCUT2D eigenvalue weighted by Gasteiger charge is 2.08. The number of Topliss-reactive ketones (excluding diaryl/α,β-unsaturated/α-hetero) is 1. The second-order valence-electron chi connectivity index (χ2n) is 2.98. The monoisotopic (exact) mass is 214 g/mol. The third-order valence-electron chi connectivity index (χ3n) is 1.80. The largest absolute Gasteiger partial charge is 0.383 e. The second-order valence-corrected chi connectivity index (χ2v) is 3.99. The normalized spacial score (nSPS) is 10.2. The van der Waals surface area contributed by atoms with Crippen molar-refractivity contribution in [2.45, 2.75) is 6.92 Å². The zero-order valence-electron chi connectivity index (χ0n) is 8.61. The van der Waals surface area contributed by atoms with E-state index < -0.39 is 0 Å². The van der Waals surface area contributed by atoms with Crippen LogP contribution in [0.1, 0.15) is 16.6 Å². The van der Waals surface area contributed by atoms with Crippen molar-refractivity contribution >= 4 is 22.3 Å². The van der Waals surface area contributed by atoms with Gasteiger partial charge in [0.15, 0.2) is 10.9 Å². The van der Waals surface area contributed by atoms with Crippen LogP contribution in [0.2, 0.25) is 0 Å². The molecule has 14 heavy (non-hydrogen) atoms. The molecule has 1 aromatic heterocycles. The second kappa shape index (κ2) is 5.07. The van der Waals surface area contributed by atoms with Crippen LogP contribution in [-0.2, 0) is 4.74 Å². The number of thiazole rings is 1. The van der Waals surface area contributed by atoms with E-state index >= 15 is 0 Å². The Labute approximate surface area is 87.5 Å². The Bertz CT molecular complexity index is 312. The highest BCUT2D eigenvalue weighted by atomic mass is 32.1. The molecule has 78 valence electrons. The van der Waals surface area contributed by atoms with E-state index in [-0.39, 0.29) is 5.78 Å². The molecule has 1 heterocycles. The molecule has 0 aliphatic heterocycles. The Morgan fingerprint density at radius 3 is 2.93 bits per heavy atom. The Hall–Kier alpha value is -0.940. The Balaban J connectivity index is 2.61. The molecule has 0 fully saturated rings. The Morgan fingerprint density at radius 1 is 1.71 bits per heavy atom. The number of hydrogen-bond donors (Lipinski definition) is 0. The molecule has 0 amide bonds. The van der Waals surface area contributed by atoms with Gasteiger partial charge in [0, 0.05) is 27.6 Å². The standard InChI is InChI=1S/C9H14N2O2S/c1-7(12)8-6-10-9(14-8)11(2)4-5-13-3/h6H,4-5H2,1-3H3. The molecular weight excluding hydrogens is 200 g/mol. The maximum atomic E-state index is 11.0. The minimum absolute atomic E-state index is 0.0638. The lowest BCUT2D eigenvalue weighted by atomic mass is 10.4. The number of anilines is 1. The smallest absolute Gasteiger partial charge is 0.185 e. The molecule has 1 rings (SSSR count). The number of methoxy groups -OCH3 is 1. The van der Waals surface area contributed by atoms with Crippen LogP contribution >= 0.6 is 11.3 Å². The molecule has 0 saturated carbocycles. The van der Waals surface area contributed by atoms with Gasteiger partial charge in [-0.05, 0) is 0 Å². The van der Waals surface area contributed by atoms with Crippen molar-refractivity contribution in [1.29, 1.82) is 0 Å². The molecule has 1 aromatic rings. The molecule has 0 saturated heterocycles. The molecule has 4 nitrogen and oxygen atoms in total. The third kappa shape index (κ3) is 2.78. The van der Waals surface area contributed by atoms with Crippen LogP contribution in [0.25, 0.3) is 0 Å². The number of likely N-dealkylation sites (N-methyl/N-ethyl adjacent to an activating group) is 1. The van der Waals surface area contributed by atoms with Crippen molar-refractivity contribution in [3.8, 4) is 0 Å². The van der Waals surface area contributed by atoms with Crippen LogP contribution in [0.3, 0.4) is 0 Å². The van der Waals surface area contributed by atoms with Gasteiger partial charge in [-0.2, -0.15) is 0 Å². The number of carbonyl (C=O) groups excluding carboxylic acids is 1. The summed E-state index contributed by atoms with van der Waals surface area (Å²) < 4.78 is 4.96. The molecule has 0 spiro atoms. The van der Waals surface area contributed by atoms with E-state index in [2.05, 4.69) is 4.98 Å². The summed E-state index contributed by atoms with van der Waals surface area (Å²) in [6.07, 6.45) is 1.62. The third-order valence-corrected chi connectivity index (χ3v) is 3.01. The summed E-state index contributed by atoms with van der Waals surface area (Å²) in [5.74, 6) is 0.0638. The molecule has 0 aliphatic carbocycles. The Morgan fingerprint density at radius 2 is 2.43 bits per heavy atom. The van der Waals surface area contributed by atoms with Crippen LogP contribution in [-0.4, -0.2) is 38.1 Å². The minimum atomic E-state index is 0.0638. The molecule has 0 aromatic carbocycles. The Kier molecular flexibility index (Phi) is 4.03. The van der Waals surface area contributed by atoms with Gasteiger partial charge in [0.05, 0.1) is 17.7 Å². The van der Waals surface area contributed by atoms with Gasteiger partial charge in [0.1, 0.15) is 0 Å². The van der Waals surface area contributed by atoms with Gasteiger partial charge in [-0.25, -0.2) is 4.98 Å². The fourth-order valence-electron chi connectivity index (χ4n) is 0.928. The average Bonchev–Trinajstić information content (AvgIpc) is 2.62. The summed E-state index contributed by atoms with van der Waals surface area (Å²) in [6.45, 7) is 2.99. The first-order chi connectivity index (χ1) is 6.65. The summed E-state index contributed by atoms with van der Waals surface area (Å²) in [5, 5.41) is 0.854. The lowest BCUT2D eigenvalue weighted by Gasteiger charge is -2.14. The highest BCUT2D eigenvalue weighted by Crippen LogP contribution is 2.21. The molecule has 5 heteroatoms. The SMILES string of the molecule is COCCN(C)c1ncc(C(C)=O)s1. The number of ketones is 1. The quantitative estimate of drug-likeness (QED) is 0.695. The van der Waals surface area contributed by atoms with Crippen LogP contribution < -0.4 is 4.90 Å². The van der Waals surface area contributed by atoms with E-state index in [1.54, 1.807) is 20.2 Å². The van der Waals surface area contributed by atoms with Crippen LogP contribution in [0.15, 0.2) is 6.20 Å². The lowest BCUT2D eigenvalue weighted by Crippen LogP contribution is -2.21. The van der Waals surface area contributed by atoms with Gasteiger partial charge in [-0.1, -0.05) is 11.3 Å². The van der Waals surface area contributed by atoms with E-state index in [9.17, 15) is 4.79 Å². The summed E-state index contributed by atoms with van der Waals surface area (Å²) in [5.41, 5.74) is 0. The van der Waals surface area contributed by atoms with Crippen LogP contribution in [0.5, 0.6) is 0 Å². The van der Waals surface area contributed by atoms with Crippen molar-refractivity contribution in [2.24, 2.45) is 0 Å². The van der Waals surface area contributed by atoms with Gasteiger partial charge in [-0.15, -0.1) is 0 Å². The topological polar surface area (TPSA) is 42.4 Å². The zero-order chi connectivity index (χ0) is 10.6. The maximum Gasteiger partial charge on any atom is 0.185 e. The number of nitrogens with zero attached hydrogens (tertiary/aromatic N) is 2. The fourth-order valence-corrected chi connectivity index (χ4v) is 1.73. The maximum absolute atomic E-state index is 11.0. The molecule has 0 aliphatic rings. The summed E-state index contributed by atoms with van der Waals surface area (Å²) in [6, 6.07) is 0. The number of rotatable bonds is 5. The van der Waals surface area contributed by atoms with E-state index in [4.69, 9.17) is 4.74 Å². The van der Waals surface area contributed by atoms with E-state index in [1.807, 2.05) is 11.9 Å².